The van der Waals surface area contributed by atoms with Crippen LogP contribution in [0.1, 0.15) is 11.4 Å². The Morgan fingerprint density at radius 2 is 2.14 bits per heavy atom. The Morgan fingerprint density at radius 3 is 2.57 bits per heavy atom. The Kier molecular flexibility index (Phi) is 3.21. The number of nitrogens with zero attached hydrogens (tertiary/aromatic N) is 2. The molecule has 0 aromatic carbocycles. The molecule has 80 valence electrons. The zero-order valence-electron chi connectivity index (χ0n) is 8.64. The highest BCUT2D eigenvalue weighted by atomic mass is 19.3. The van der Waals surface area contributed by atoms with Crippen molar-refractivity contribution in [2.75, 3.05) is 13.6 Å². The Labute approximate surface area is 82.1 Å². The minimum absolute atomic E-state index is 0.328. The molecule has 0 unspecified atom stereocenters. The van der Waals surface area contributed by atoms with Crippen molar-refractivity contribution < 1.29 is 8.78 Å². The molecule has 14 heavy (non-hydrogen) atoms. The lowest BCUT2D eigenvalue weighted by molar-refractivity contribution is -0.0168. The molecule has 1 heterocycles. The van der Waals surface area contributed by atoms with Crippen molar-refractivity contribution in [3.63, 3.8) is 0 Å². The first-order valence-electron chi connectivity index (χ1n) is 4.48. The molecule has 0 aliphatic rings. The predicted molar refractivity (Wildman–Crippen MR) is 50.6 cm³/mol. The van der Waals surface area contributed by atoms with Gasteiger partial charge in [-0.3, -0.25) is 4.68 Å². The third-order valence-corrected chi connectivity index (χ3v) is 1.92. The molecule has 0 aliphatic carbocycles. The molecule has 1 aromatic rings. The number of hydrogen-bond acceptors (Lipinski definition) is 2. The van der Waals surface area contributed by atoms with Gasteiger partial charge < -0.3 is 5.32 Å². The van der Waals surface area contributed by atoms with Gasteiger partial charge in [-0.1, -0.05) is 0 Å². The maximum atomic E-state index is 13.2. The van der Waals surface area contributed by atoms with Gasteiger partial charge in [-0.2, -0.15) is 5.10 Å². The topological polar surface area (TPSA) is 29.9 Å². The van der Waals surface area contributed by atoms with Crippen LogP contribution in [0, 0.1) is 13.8 Å². The fourth-order valence-corrected chi connectivity index (χ4v) is 1.37. The largest absolute Gasteiger partial charge is 0.314 e. The van der Waals surface area contributed by atoms with E-state index in [0.717, 1.165) is 11.4 Å². The van der Waals surface area contributed by atoms with E-state index in [2.05, 4.69) is 10.4 Å². The molecule has 0 amide bonds. The number of aromatic nitrogens is 2. The lowest BCUT2D eigenvalue weighted by Crippen LogP contribution is -2.35. The Morgan fingerprint density at radius 1 is 1.50 bits per heavy atom. The van der Waals surface area contributed by atoms with E-state index >= 15 is 0 Å². The zero-order chi connectivity index (χ0) is 10.8. The molecule has 0 atom stereocenters. The van der Waals surface area contributed by atoms with Gasteiger partial charge in [-0.15, -0.1) is 0 Å². The summed E-state index contributed by atoms with van der Waals surface area (Å²) in [5, 5.41) is 6.45. The normalized spacial score (nSPS) is 12.1. The standard InChI is InChI=1S/C9H15F2N3/c1-7-4-8(2)14(13-7)6-9(10,11)5-12-3/h4,12H,5-6H2,1-3H3. The van der Waals surface area contributed by atoms with Crippen molar-refractivity contribution >= 4 is 0 Å². The van der Waals surface area contributed by atoms with E-state index in [1.54, 1.807) is 19.9 Å². The van der Waals surface area contributed by atoms with Gasteiger partial charge in [0, 0.05) is 5.69 Å². The summed E-state index contributed by atoms with van der Waals surface area (Å²) in [6, 6.07) is 1.79. The first kappa shape index (κ1) is 11.1. The summed E-state index contributed by atoms with van der Waals surface area (Å²) in [6.07, 6.45) is 0. The summed E-state index contributed by atoms with van der Waals surface area (Å²) >= 11 is 0. The van der Waals surface area contributed by atoms with Crippen molar-refractivity contribution in [3.05, 3.63) is 17.5 Å². The maximum Gasteiger partial charge on any atom is 0.279 e. The van der Waals surface area contributed by atoms with Crippen molar-refractivity contribution in [1.82, 2.24) is 15.1 Å². The molecule has 1 rings (SSSR count). The number of halogens is 2. The van der Waals surface area contributed by atoms with Crippen LogP contribution in [0.3, 0.4) is 0 Å². The Hall–Kier alpha value is -0.970. The number of rotatable bonds is 4. The van der Waals surface area contributed by atoms with Crippen LogP contribution in [0.4, 0.5) is 8.78 Å². The first-order chi connectivity index (χ1) is 6.44. The van der Waals surface area contributed by atoms with Crippen molar-refractivity contribution in [3.8, 4) is 0 Å². The summed E-state index contributed by atoms with van der Waals surface area (Å²) in [7, 11) is 1.51. The van der Waals surface area contributed by atoms with E-state index in [-0.39, 0.29) is 13.1 Å². The van der Waals surface area contributed by atoms with Crippen LogP contribution >= 0.6 is 0 Å². The molecule has 0 saturated heterocycles. The molecule has 0 spiro atoms. The fraction of sp³-hybridized carbons (Fsp3) is 0.667. The van der Waals surface area contributed by atoms with Crippen LogP contribution in [0.15, 0.2) is 6.07 Å². The smallest absolute Gasteiger partial charge is 0.279 e. The molecule has 0 aliphatic heterocycles. The van der Waals surface area contributed by atoms with Crippen LogP contribution in [0.2, 0.25) is 0 Å². The quantitative estimate of drug-likeness (QED) is 0.800. The highest BCUT2D eigenvalue weighted by Gasteiger charge is 2.29. The van der Waals surface area contributed by atoms with Gasteiger partial charge >= 0.3 is 0 Å². The molecular formula is C9H15F2N3. The van der Waals surface area contributed by atoms with Crippen LogP contribution in [-0.4, -0.2) is 29.3 Å². The van der Waals surface area contributed by atoms with Gasteiger partial charge in [0.2, 0.25) is 0 Å². The third kappa shape index (κ3) is 2.77. The molecule has 1 aromatic heterocycles. The minimum atomic E-state index is -2.75. The molecule has 1 N–H and O–H groups in total. The van der Waals surface area contributed by atoms with Crippen LogP contribution < -0.4 is 5.32 Å². The number of alkyl halides is 2. The van der Waals surface area contributed by atoms with Crippen molar-refractivity contribution in [2.24, 2.45) is 0 Å². The highest BCUT2D eigenvalue weighted by Crippen LogP contribution is 2.16. The van der Waals surface area contributed by atoms with Gasteiger partial charge in [0.1, 0.15) is 6.54 Å². The molecule has 0 radical (unpaired) electrons. The van der Waals surface area contributed by atoms with E-state index in [1.165, 1.54) is 11.7 Å². The number of nitrogens with one attached hydrogen (secondary N) is 1. The summed E-state index contributed by atoms with van der Waals surface area (Å²) < 4.78 is 27.7. The summed E-state index contributed by atoms with van der Waals surface area (Å²) in [6.45, 7) is 2.87. The lowest BCUT2D eigenvalue weighted by atomic mass is 10.3. The van der Waals surface area contributed by atoms with Crippen LogP contribution in [0.25, 0.3) is 0 Å². The van der Waals surface area contributed by atoms with Gasteiger partial charge in [-0.25, -0.2) is 8.78 Å². The van der Waals surface area contributed by atoms with Gasteiger partial charge in [0.15, 0.2) is 0 Å². The zero-order valence-corrected chi connectivity index (χ0v) is 8.64. The third-order valence-electron chi connectivity index (χ3n) is 1.92. The van der Waals surface area contributed by atoms with Crippen molar-refractivity contribution in [1.29, 1.82) is 0 Å². The number of hydrogen-bond donors (Lipinski definition) is 1. The summed E-state index contributed by atoms with van der Waals surface area (Å²) in [5.41, 5.74) is 1.53. The summed E-state index contributed by atoms with van der Waals surface area (Å²) in [4.78, 5) is 0. The fourth-order valence-electron chi connectivity index (χ4n) is 1.37. The second-order valence-corrected chi connectivity index (χ2v) is 3.47. The van der Waals surface area contributed by atoms with Crippen molar-refractivity contribution in [2.45, 2.75) is 26.3 Å². The predicted octanol–water partition coefficient (Wildman–Crippen LogP) is 1.35. The molecule has 0 bridgehead atoms. The Balaban J connectivity index is 2.72. The van der Waals surface area contributed by atoms with Gasteiger partial charge in [0.05, 0.1) is 12.2 Å². The molecule has 3 nitrogen and oxygen atoms in total. The van der Waals surface area contributed by atoms with Gasteiger partial charge in [-0.05, 0) is 27.0 Å². The second kappa shape index (κ2) is 4.04. The lowest BCUT2D eigenvalue weighted by Gasteiger charge is -2.16. The van der Waals surface area contributed by atoms with Crippen LogP contribution in [0.5, 0.6) is 0 Å². The van der Waals surface area contributed by atoms with Gasteiger partial charge in [0.25, 0.3) is 5.92 Å². The van der Waals surface area contributed by atoms with E-state index in [9.17, 15) is 8.78 Å². The maximum absolute atomic E-state index is 13.2. The summed E-state index contributed by atoms with van der Waals surface area (Å²) in [5.74, 6) is -2.75. The highest BCUT2D eigenvalue weighted by molar-refractivity contribution is 5.06. The Bertz CT molecular complexity index is 307. The second-order valence-electron chi connectivity index (χ2n) is 3.47. The SMILES string of the molecule is CNCC(F)(F)Cn1nc(C)cc1C. The van der Waals surface area contributed by atoms with E-state index < -0.39 is 5.92 Å². The molecular weight excluding hydrogens is 188 g/mol. The van der Waals surface area contributed by atoms with Crippen LogP contribution in [-0.2, 0) is 6.54 Å². The molecule has 0 saturated carbocycles. The first-order valence-corrected chi connectivity index (χ1v) is 4.48. The average Bonchev–Trinajstić information content (AvgIpc) is 2.28. The minimum Gasteiger partial charge on any atom is -0.314 e. The molecule has 0 fully saturated rings. The van der Waals surface area contributed by atoms with E-state index in [1.807, 2.05) is 0 Å². The monoisotopic (exact) mass is 203 g/mol. The number of aryl methyl sites for hydroxylation is 2. The average molecular weight is 203 g/mol. The van der Waals surface area contributed by atoms with E-state index in [4.69, 9.17) is 0 Å². The van der Waals surface area contributed by atoms with E-state index in [0.29, 0.717) is 0 Å². The molecule has 5 heteroatoms.